The maximum atomic E-state index is 3.75. The number of thioether (sulfide) groups is 1. The van der Waals surface area contributed by atoms with Gasteiger partial charge in [0.25, 0.3) is 0 Å². The molecule has 2 fully saturated rings. The summed E-state index contributed by atoms with van der Waals surface area (Å²) in [6.45, 7) is 16.9. The van der Waals surface area contributed by atoms with E-state index < -0.39 is 0 Å². The molecule has 2 rings (SSSR count). The molecule has 1 aliphatic carbocycles. The summed E-state index contributed by atoms with van der Waals surface area (Å²) in [4.78, 5) is 2.77. The van der Waals surface area contributed by atoms with Gasteiger partial charge in [0.15, 0.2) is 0 Å². The molecule has 0 radical (unpaired) electrons. The maximum Gasteiger partial charge on any atom is 0.0149 e. The van der Waals surface area contributed by atoms with Crippen molar-refractivity contribution >= 4 is 11.8 Å². The van der Waals surface area contributed by atoms with Gasteiger partial charge in [-0.05, 0) is 24.2 Å². The summed E-state index contributed by atoms with van der Waals surface area (Å²) in [5, 5.41) is 5.35. The molecule has 0 aromatic heterocycles. The quantitative estimate of drug-likeness (QED) is 0.826. The molecule has 1 N–H and O–H groups in total. The highest BCUT2D eigenvalue weighted by atomic mass is 32.2. The summed E-state index contributed by atoms with van der Waals surface area (Å²) >= 11 is 2.17. The van der Waals surface area contributed by atoms with Crippen LogP contribution in [0.5, 0.6) is 0 Å². The molecule has 1 saturated carbocycles. The number of hydrogen-bond acceptors (Lipinski definition) is 3. The predicted molar refractivity (Wildman–Crippen MR) is 96.2 cm³/mol. The number of nitrogens with zero attached hydrogens (tertiary/aromatic N) is 1. The van der Waals surface area contributed by atoms with Gasteiger partial charge in [0.2, 0.25) is 0 Å². The lowest BCUT2D eigenvalue weighted by atomic mass is 9.70. The lowest BCUT2D eigenvalue weighted by Crippen LogP contribution is -2.51. The van der Waals surface area contributed by atoms with Gasteiger partial charge >= 0.3 is 0 Å². The second kappa shape index (κ2) is 7.70. The predicted octanol–water partition coefficient (Wildman–Crippen LogP) is 4.01. The van der Waals surface area contributed by atoms with E-state index in [1.807, 2.05) is 0 Å². The van der Waals surface area contributed by atoms with Gasteiger partial charge in [-0.2, -0.15) is 11.8 Å². The van der Waals surface area contributed by atoms with Crippen molar-refractivity contribution < 1.29 is 0 Å². The van der Waals surface area contributed by atoms with E-state index in [-0.39, 0.29) is 0 Å². The van der Waals surface area contributed by atoms with E-state index >= 15 is 0 Å². The largest absolute Gasteiger partial charge is 0.314 e. The first-order chi connectivity index (χ1) is 9.88. The molecule has 0 amide bonds. The van der Waals surface area contributed by atoms with Crippen LogP contribution >= 0.6 is 11.8 Å². The van der Waals surface area contributed by atoms with Gasteiger partial charge in [0.1, 0.15) is 0 Å². The first-order valence-electron chi connectivity index (χ1n) is 9.00. The molecule has 0 spiro atoms. The van der Waals surface area contributed by atoms with Crippen LogP contribution in [0.3, 0.4) is 0 Å². The molecule has 1 heterocycles. The third-order valence-electron chi connectivity index (χ3n) is 5.27. The van der Waals surface area contributed by atoms with Crippen molar-refractivity contribution in [2.45, 2.75) is 76.8 Å². The minimum Gasteiger partial charge on any atom is -0.314 e. The second-order valence-corrected chi connectivity index (χ2v) is 10.1. The molecule has 1 saturated heterocycles. The van der Waals surface area contributed by atoms with Crippen LogP contribution < -0.4 is 5.32 Å². The van der Waals surface area contributed by atoms with Gasteiger partial charge in [0, 0.05) is 42.7 Å². The van der Waals surface area contributed by atoms with Crippen LogP contribution in [0.25, 0.3) is 0 Å². The molecule has 3 heteroatoms. The summed E-state index contributed by atoms with van der Waals surface area (Å²) in [6, 6.07) is 0.607. The van der Waals surface area contributed by atoms with E-state index in [0.717, 1.165) is 16.4 Å². The minimum absolute atomic E-state index is 0.526. The molecule has 124 valence electrons. The molecule has 2 unspecified atom stereocenters. The van der Waals surface area contributed by atoms with Crippen molar-refractivity contribution in [2.24, 2.45) is 11.3 Å². The Morgan fingerprint density at radius 1 is 1.10 bits per heavy atom. The Bertz CT molecular complexity index is 300. The van der Waals surface area contributed by atoms with Crippen LogP contribution in [0, 0.1) is 11.3 Å². The first-order valence-corrected chi connectivity index (χ1v) is 9.94. The van der Waals surface area contributed by atoms with Crippen LogP contribution in [0.4, 0.5) is 0 Å². The summed E-state index contributed by atoms with van der Waals surface area (Å²) in [7, 11) is 0. The average molecular weight is 313 g/mol. The molecule has 0 aromatic rings. The standard InChI is InChI=1S/C18H36N2S/c1-14(2)19-12-18(8-6-15(3)7-9-18)13-20-10-16(4)21-17(5)11-20/h14-17,19H,6-13H2,1-5H3. The molecule has 0 aromatic carbocycles. The van der Waals surface area contributed by atoms with Gasteiger partial charge in [0.05, 0.1) is 0 Å². The Balaban J connectivity index is 1.97. The fourth-order valence-electron chi connectivity index (χ4n) is 4.07. The summed E-state index contributed by atoms with van der Waals surface area (Å²) in [5.74, 6) is 0.937. The zero-order valence-electron chi connectivity index (χ0n) is 14.8. The van der Waals surface area contributed by atoms with Gasteiger partial charge in [-0.25, -0.2) is 0 Å². The average Bonchev–Trinajstić information content (AvgIpc) is 2.39. The van der Waals surface area contributed by atoms with E-state index in [1.54, 1.807) is 0 Å². The molecule has 2 atom stereocenters. The van der Waals surface area contributed by atoms with E-state index in [2.05, 4.69) is 56.6 Å². The van der Waals surface area contributed by atoms with Gasteiger partial charge in [-0.3, -0.25) is 0 Å². The SMILES string of the molecule is CC1CCC(CNC(C)C)(CN2CC(C)SC(C)C2)CC1. The second-order valence-electron chi connectivity index (χ2n) is 8.17. The highest BCUT2D eigenvalue weighted by molar-refractivity contribution is 8.00. The monoisotopic (exact) mass is 312 g/mol. The Morgan fingerprint density at radius 3 is 2.19 bits per heavy atom. The Kier molecular flexibility index (Phi) is 6.46. The van der Waals surface area contributed by atoms with Crippen LogP contribution in [0.1, 0.15) is 60.3 Å². The van der Waals surface area contributed by atoms with E-state index in [0.29, 0.717) is 11.5 Å². The lowest BCUT2D eigenvalue weighted by Gasteiger charge is -2.46. The summed E-state index contributed by atoms with van der Waals surface area (Å²) in [5.41, 5.74) is 0.526. The normalized spacial score (nSPS) is 38.9. The van der Waals surface area contributed by atoms with Crippen molar-refractivity contribution in [3.8, 4) is 0 Å². The van der Waals surface area contributed by atoms with Crippen molar-refractivity contribution in [2.75, 3.05) is 26.2 Å². The highest BCUT2D eigenvalue weighted by Crippen LogP contribution is 2.40. The van der Waals surface area contributed by atoms with Crippen LogP contribution in [0.2, 0.25) is 0 Å². The summed E-state index contributed by atoms with van der Waals surface area (Å²) < 4.78 is 0. The Labute approximate surface area is 136 Å². The van der Waals surface area contributed by atoms with Crippen molar-refractivity contribution in [1.29, 1.82) is 0 Å². The number of hydrogen-bond donors (Lipinski definition) is 1. The van der Waals surface area contributed by atoms with E-state index in [9.17, 15) is 0 Å². The maximum absolute atomic E-state index is 3.75. The molecule has 0 bridgehead atoms. The van der Waals surface area contributed by atoms with E-state index in [1.165, 1.54) is 51.9 Å². The highest BCUT2D eigenvalue weighted by Gasteiger charge is 2.37. The smallest absolute Gasteiger partial charge is 0.0149 e. The lowest BCUT2D eigenvalue weighted by molar-refractivity contribution is 0.0835. The summed E-state index contributed by atoms with van der Waals surface area (Å²) in [6.07, 6.45) is 5.68. The topological polar surface area (TPSA) is 15.3 Å². The minimum atomic E-state index is 0.526. The zero-order valence-corrected chi connectivity index (χ0v) is 15.6. The molecular formula is C18H36N2S. The molecule has 2 nitrogen and oxygen atoms in total. The van der Waals surface area contributed by atoms with Crippen molar-refractivity contribution in [3.05, 3.63) is 0 Å². The molecule has 1 aliphatic heterocycles. The van der Waals surface area contributed by atoms with Crippen LogP contribution in [-0.2, 0) is 0 Å². The van der Waals surface area contributed by atoms with Crippen LogP contribution in [0.15, 0.2) is 0 Å². The number of rotatable bonds is 5. The Hall–Kier alpha value is 0.270. The van der Waals surface area contributed by atoms with Crippen molar-refractivity contribution in [3.63, 3.8) is 0 Å². The fraction of sp³-hybridized carbons (Fsp3) is 1.00. The third kappa shape index (κ3) is 5.44. The molecule has 21 heavy (non-hydrogen) atoms. The van der Waals surface area contributed by atoms with Gasteiger partial charge < -0.3 is 10.2 Å². The molecule has 2 aliphatic rings. The fourth-order valence-corrected chi connectivity index (χ4v) is 5.46. The molecular weight excluding hydrogens is 276 g/mol. The first kappa shape index (κ1) is 17.6. The van der Waals surface area contributed by atoms with Gasteiger partial charge in [-0.1, -0.05) is 47.5 Å². The van der Waals surface area contributed by atoms with Crippen molar-refractivity contribution in [1.82, 2.24) is 10.2 Å². The zero-order chi connectivity index (χ0) is 15.5. The third-order valence-corrected chi connectivity index (χ3v) is 6.50. The Morgan fingerprint density at radius 2 is 1.67 bits per heavy atom. The van der Waals surface area contributed by atoms with Gasteiger partial charge in [-0.15, -0.1) is 0 Å². The van der Waals surface area contributed by atoms with E-state index in [4.69, 9.17) is 0 Å². The number of nitrogens with one attached hydrogen (secondary N) is 1. The van der Waals surface area contributed by atoms with Crippen LogP contribution in [-0.4, -0.2) is 47.6 Å².